The summed E-state index contributed by atoms with van der Waals surface area (Å²) in [5.41, 5.74) is 4.36. The van der Waals surface area contributed by atoms with Crippen LogP contribution in [0.5, 0.6) is 0 Å². The molecular weight excluding hydrogens is 394 g/mol. The molecule has 0 bridgehead atoms. The van der Waals surface area contributed by atoms with Gasteiger partial charge in [-0.2, -0.15) is 0 Å². The van der Waals surface area contributed by atoms with E-state index >= 15 is 0 Å². The van der Waals surface area contributed by atoms with Gasteiger partial charge in [-0.25, -0.2) is 0 Å². The number of fused-ring (bicyclic) bond motifs is 1. The summed E-state index contributed by atoms with van der Waals surface area (Å²) in [6.45, 7) is 13.3. The fourth-order valence-electron chi connectivity index (χ4n) is 5.14. The molecule has 2 heterocycles. The van der Waals surface area contributed by atoms with Gasteiger partial charge in [0, 0.05) is 63.8 Å². The van der Waals surface area contributed by atoms with E-state index in [0.29, 0.717) is 18.2 Å². The van der Waals surface area contributed by atoms with Gasteiger partial charge in [0.1, 0.15) is 0 Å². The average Bonchev–Trinajstić information content (AvgIpc) is 2.97. The van der Waals surface area contributed by atoms with Crippen molar-refractivity contribution in [1.29, 1.82) is 0 Å². The number of amides is 1. The van der Waals surface area contributed by atoms with E-state index in [1.165, 1.54) is 29.7 Å². The zero-order valence-corrected chi connectivity index (χ0v) is 20.1. The number of hydrogen-bond donors (Lipinski definition) is 0. The molecule has 4 nitrogen and oxygen atoms in total. The molecule has 4 heteroatoms. The van der Waals surface area contributed by atoms with Gasteiger partial charge in [-0.15, -0.1) is 0 Å². The number of benzene rings is 2. The van der Waals surface area contributed by atoms with Gasteiger partial charge in [0.15, 0.2) is 0 Å². The quantitative estimate of drug-likeness (QED) is 0.664. The number of carbonyl (C=O) groups excluding carboxylic acids is 1. The minimum Gasteiger partial charge on any atom is -0.370 e. The molecule has 2 aliphatic rings. The SMILES string of the molecule is CC(C)(C)CC(=O)N1CCN(CCN2CCCC(c3ccccc3)c3ccccc32)CC1. The number of carbonyl (C=O) groups is 1. The monoisotopic (exact) mass is 433 g/mol. The van der Waals surface area contributed by atoms with E-state index in [-0.39, 0.29) is 5.41 Å². The van der Waals surface area contributed by atoms with Crippen molar-refractivity contribution in [3.63, 3.8) is 0 Å². The molecule has 2 aromatic carbocycles. The molecule has 2 aliphatic heterocycles. The largest absolute Gasteiger partial charge is 0.370 e. The Kier molecular flexibility index (Phi) is 7.20. The smallest absolute Gasteiger partial charge is 0.223 e. The molecule has 0 radical (unpaired) electrons. The molecule has 1 fully saturated rings. The Balaban J connectivity index is 1.36. The summed E-state index contributed by atoms with van der Waals surface area (Å²) in [4.78, 5) is 19.7. The third kappa shape index (κ3) is 5.72. The van der Waals surface area contributed by atoms with E-state index in [4.69, 9.17) is 0 Å². The van der Waals surface area contributed by atoms with Crippen LogP contribution in [0.25, 0.3) is 0 Å². The number of rotatable bonds is 5. The number of para-hydroxylation sites is 1. The van der Waals surface area contributed by atoms with Crippen LogP contribution in [0.4, 0.5) is 5.69 Å². The fraction of sp³-hybridized carbons (Fsp3) is 0.536. The van der Waals surface area contributed by atoms with E-state index in [1.807, 2.05) is 0 Å². The number of nitrogens with zero attached hydrogens (tertiary/aromatic N) is 3. The van der Waals surface area contributed by atoms with E-state index < -0.39 is 0 Å². The molecule has 0 saturated carbocycles. The molecular formula is C28H39N3O. The summed E-state index contributed by atoms with van der Waals surface area (Å²) in [6, 6.07) is 20.0. The summed E-state index contributed by atoms with van der Waals surface area (Å²) in [5, 5.41) is 0. The number of hydrogen-bond acceptors (Lipinski definition) is 3. The Bertz CT molecular complexity index is 881. The first-order valence-corrected chi connectivity index (χ1v) is 12.3. The maximum atomic E-state index is 12.5. The Morgan fingerprint density at radius 2 is 1.56 bits per heavy atom. The van der Waals surface area contributed by atoms with Gasteiger partial charge in [-0.05, 0) is 35.4 Å². The molecule has 172 valence electrons. The standard InChI is InChI=1S/C28H39N3O/c1-28(2,3)22-27(32)31-20-17-29(18-21-31)16-19-30-15-9-13-24(23-10-5-4-6-11-23)25-12-7-8-14-26(25)30/h4-8,10-12,14,24H,9,13,15-22H2,1-3H3. The van der Waals surface area contributed by atoms with Crippen molar-refractivity contribution < 1.29 is 4.79 Å². The predicted octanol–water partition coefficient (Wildman–Crippen LogP) is 5.00. The molecule has 32 heavy (non-hydrogen) atoms. The highest BCUT2D eigenvalue weighted by atomic mass is 16.2. The molecule has 4 rings (SSSR count). The third-order valence-corrected chi connectivity index (χ3v) is 6.87. The van der Waals surface area contributed by atoms with Crippen molar-refractivity contribution in [2.45, 2.75) is 46.0 Å². The third-order valence-electron chi connectivity index (χ3n) is 6.87. The van der Waals surface area contributed by atoms with Crippen LogP contribution in [0, 0.1) is 5.41 Å². The lowest BCUT2D eigenvalue weighted by atomic mass is 9.87. The molecule has 2 aromatic rings. The molecule has 1 atom stereocenters. The van der Waals surface area contributed by atoms with Crippen molar-refractivity contribution in [2.24, 2.45) is 5.41 Å². The van der Waals surface area contributed by atoms with Gasteiger partial charge in [0.25, 0.3) is 0 Å². The summed E-state index contributed by atoms with van der Waals surface area (Å²) in [7, 11) is 0. The van der Waals surface area contributed by atoms with Crippen LogP contribution < -0.4 is 4.90 Å². The van der Waals surface area contributed by atoms with Gasteiger partial charge in [-0.3, -0.25) is 9.69 Å². The molecule has 0 aliphatic carbocycles. The Morgan fingerprint density at radius 3 is 2.28 bits per heavy atom. The average molecular weight is 434 g/mol. The predicted molar refractivity (Wildman–Crippen MR) is 133 cm³/mol. The topological polar surface area (TPSA) is 26.8 Å². The van der Waals surface area contributed by atoms with E-state index in [0.717, 1.165) is 45.8 Å². The Morgan fingerprint density at radius 1 is 0.875 bits per heavy atom. The first-order chi connectivity index (χ1) is 15.4. The minimum absolute atomic E-state index is 0.0615. The van der Waals surface area contributed by atoms with Crippen LogP contribution in [0.1, 0.15) is 57.1 Å². The maximum Gasteiger partial charge on any atom is 0.223 e. The Hall–Kier alpha value is -2.33. The first-order valence-electron chi connectivity index (χ1n) is 12.3. The van der Waals surface area contributed by atoms with Crippen LogP contribution in [0.3, 0.4) is 0 Å². The van der Waals surface area contributed by atoms with Crippen LogP contribution in [-0.4, -0.2) is 61.5 Å². The van der Waals surface area contributed by atoms with Crippen molar-refractivity contribution in [3.05, 3.63) is 65.7 Å². The van der Waals surface area contributed by atoms with Crippen molar-refractivity contribution in [2.75, 3.05) is 50.7 Å². The zero-order valence-electron chi connectivity index (χ0n) is 20.1. The minimum atomic E-state index is 0.0615. The maximum absolute atomic E-state index is 12.5. The number of piperazine rings is 1. The van der Waals surface area contributed by atoms with E-state index in [2.05, 4.69) is 90.1 Å². The van der Waals surface area contributed by atoms with Crippen LogP contribution in [0.15, 0.2) is 54.6 Å². The van der Waals surface area contributed by atoms with Crippen LogP contribution in [-0.2, 0) is 4.79 Å². The van der Waals surface area contributed by atoms with Crippen molar-refractivity contribution in [3.8, 4) is 0 Å². The molecule has 0 spiro atoms. The van der Waals surface area contributed by atoms with Crippen LogP contribution in [0.2, 0.25) is 0 Å². The summed E-state index contributed by atoms with van der Waals surface area (Å²) < 4.78 is 0. The lowest BCUT2D eigenvalue weighted by Crippen LogP contribution is -2.50. The normalized spacial score (nSPS) is 20.0. The van der Waals surface area contributed by atoms with Gasteiger partial charge < -0.3 is 9.80 Å². The fourth-order valence-corrected chi connectivity index (χ4v) is 5.14. The second-order valence-corrected chi connectivity index (χ2v) is 10.6. The second kappa shape index (κ2) is 10.1. The Labute approximate surface area is 194 Å². The molecule has 1 saturated heterocycles. The van der Waals surface area contributed by atoms with Gasteiger partial charge in [0.05, 0.1) is 0 Å². The van der Waals surface area contributed by atoms with Gasteiger partial charge >= 0.3 is 0 Å². The summed E-state index contributed by atoms with van der Waals surface area (Å²) in [5.74, 6) is 0.792. The second-order valence-electron chi connectivity index (χ2n) is 10.6. The molecule has 0 N–H and O–H groups in total. The van der Waals surface area contributed by atoms with Crippen molar-refractivity contribution in [1.82, 2.24) is 9.80 Å². The highest BCUT2D eigenvalue weighted by Crippen LogP contribution is 2.38. The summed E-state index contributed by atoms with van der Waals surface area (Å²) >= 11 is 0. The van der Waals surface area contributed by atoms with Crippen LogP contribution >= 0.6 is 0 Å². The van der Waals surface area contributed by atoms with Crippen molar-refractivity contribution >= 4 is 11.6 Å². The van der Waals surface area contributed by atoms with Gasteiger partial charge in [-0.1, -0.05) is 69.3 Å². The number of anilines is 1. The zero-order chi connectivity index (χ0) is 22.6. The molecule has 0 aromatic heterocycles. The van der Waals surface area contributed by atoms with Gasteiger partial charge in [0.2, 0.25) is 5.91 Å². The molecule has 1 amide bonds. The highest BCUT2D eigenvalue weighted by molar-refractivity contribution is 5.76. The van der Waals surface area contributed by atoms with E-state index in [1.54, 1.807) is 0 Å². The highest BCUT2D eigenvalue weighted by Gasteiger charge is 2.27. The first kappa shape index (κ1) is 22.8. The summed E-state index contributed by atoms with van der Waals surface area (Å²) in [6.07, 6.45) is 3.05. The lowest BCUT2D eigenvalue weighted by molar-refractivity contribution is -0.134. The van der Waals surface area contributed by atoms with E-state index in [9.17, 15) is 4.79 Å². The molecule has 1 unspecified atom stereocenters. The lowest BCUT2D eigenvalue weighted by Gasteiger charge is -2.37.